The van der Waals surface area contributed by atoms with E-state index < -0.39 is 18.5 Å². The molecular formula is C25H22N2O6. The number of nitrogens with one attached hydrogen (secondary N) is 1. The molecule has 0 unspecified atom stereocenters. The first-order valence-corrected chi connectivity index (χ1v) is 10.7. The molecule has 1 N–H and O–H groups in total. The van der Waals surface area contributed by atoms with Crippen molar-refractivity contribution >= 4 is 35.1 Å². The summed E-state index contributed by atoms with van der Waals surface area (Å²) in [5, 5.41) is 2.63. The van der Waals surface area contributed by atoms with Gasteiger partial charge in [0.25, 0.3) is 5.91 Å². The number of imide groups is 1. The molecule has 1 heterocycles. The number of hydrogen-bond acceptors (Lipinski definition) is 6. The van der Waals surface area contributed by atoms with Gasteiger partial charge in [0.15, 0.2) is 6.61 Å². The van der Waals surface area contributed by atoms with Crippen LogP contribution < -0.4 is 15.0 Å². The first-order valence-electron chi connectivity index (χ1n) is 10.7. The Morgan fingerprint density at radius 3 is 2.24 bits per heavy atom. The number of hydrogen-bond donors (Lipinski definition) is 1. The van der Waals surface area contributed by atoms with Crippen LogP contribution in [0.25, 0.3) is 0 Å². The minimum Gasteiger partial charge on any atom is -0.495 e. The van der Waals surface area contributed by atoms with E-state index in [9.17, 15) is 19.2 Å². The molecule has 8 heteroatoms. The van der Waals surface area contributed by atoms with E-state index >= 15 is 0 Å². The number of methoxy groups -OCH3 is 1. The lowest BCUT2D eigenvalue weighted by Gasteiger charge is -2.17. The Labute approximate surface area is 190 Å². The van der Waals surface area contributed by atoms with Crippen molar-refractivity contribution in [2.24, 2.45) is 23.7 Å². The van der Waals surface area contributed by atoms with Gasteiger partial charge in [0.1, 0.15) is 5.75 Å². The summed E-state index contributed by atoms with van der Waals surface area (Å²) in [7, 11) is 1.49. The van der Waals surface area contributed by atoms with Gasteiger partial charge in [-0.3, -0.25) is 19.3 Å². The molecule has 4 atom stereocenters. The number of carbonyl (C=O) groups excluding carboxylic acids is 4. The largest absolute Gasteiger partial charge is 0.495 e. The number of para-hydroxylation sites is 2. The second-order valence-corrected chi connectivity index (χ2v) is 8.38. The molecule has 0 spiro atoms. The molecule has 168 valence electrons. The molecule has 2 aromatic rings. The lowest BCUT2D eigenvalue weighted by molar-refractivity contribution is -0.123. The molecule has 1 saturated heterocycles. The van der Waals surface area contributed by atoms with Crippen LogP contribution >= 0.6 is 0 Å². The first kappa shape index (κ1) is 20.9. The third-order valence-corrected chi connectivity index (χ3v) is 6.55. The Bertz CT molecular complexity index is 1140. The molecule has 2 aromatic carbocycles. The van der Waals surface area contributed by atoms with Crippen molar-refractivity contribution in [2.45, 2.75) is 6.42 Å². The SMILES string of the molecule is COc1ccccc1NC(=O)COC(=O)c1ccc(N2C(=O)[C@H]3[C@H](C2=O)[C@H]2C=C[C@H]3C2)cc1. The second kappa shape index (κ2) is 8.20. The molecule has 5 rings (SSSR count). The minimum absolute atomic E-state index is 0.137. The number of rotatable bonds is 6. The summed E-state index contributed by atoms with van der Waals surface area (Å²) in [4.78, 5) is 51.5. The maximum absolute atomic E-state index is 12.9. The van der Waals surface area contributed by atoms with Crippen LogP contribution in [0.1, 0.15) is 16.8 Å². The molecule has 0 aromatic heterocycles. The van der Waals surface area contributed by atoms with Gasteiger partial charge >= 0.3 is 5.97 Å². The van der Waals surface area contributed by atoms with E-state index in [2.05, 4.69) is 5.32 Å². The maximum atomic E-state index is 12.9. The van der Waals surface area contributed by atoms with Gasteiger partial charge in [-0.2, -0.15) is 0 Å². The Hall–Kier alpha value is -3.94. The molecular weight excluding hydrogens is 424 g/mol. The predicted octanol–water partition coefficient (Wildman–Crippen LogP) is 2.80. The fourth-order valence-corrected chi connectivity index (χ4v) is 5.05. The quantitative estimate of drug-likeness (QED) is 0.416. The third-order valence-electron chi connectivity index (χ3n) is 6.55. The van der Waals surface area contributed by atoms with Crippen LogP contribution in [0.3, 0.4) is 0 Å². The molecule has 0 radical (unpaired) electrons. The van der Waals surface area contributed by atoms with Crippen molar-refractivity contribution in [3.8, 4) is 5.75 Å². The van der Waals surface area contributed by atoms with Crippen LogP contribution in [0.5, 0.6) is 5.75 Å². The average molecular weight is 446 g/mol. The molecule has 3 aliphatic rings. The normalized spacial score (nSPS) is 24.7. The molecule has 3 amide bonds. The molecule has 2 aliphatic carbocycles. The van der Waals surface area contributed by atoms with Gasteiger partial charge in [-0.25, -0.2) is 4.79 Å². The smallest absolute Gasteiger partial charge is 0.338 e. The van der Waals surface area contributed by atoms with E-state index in [0.29, 0.717) is 17.1 Å². The number of benzene rings is 2. The highest BCUT2D eigenvalue weighted by Crippen LogP contribution is 2.53. The topological polar surface area (TPSA) is 102 Å². The van der Waals surface area contributed by atoms with Gasteiger partial charge in [-0.15, -0.1) is 0 Å². The number of nitrogens with zero attached hydrogens (tertiary/aromatic N) is 1. The fourth-order valence-electron chi connectivity index (χ4n) is 5.05. The maximum Gasteiger partial charge on any atom is 0.338 e. The van der Waals surface area contributed by atoms with Crippen molar-refractivity contribution in [2.75, 3.05) is 23.9 Å². The van der Waals surface area contributed by atoms with Crippen LogP contribution in [-0.2, 0) is 19.1 Å². The van der Waals surface area contributed by atoms with E-state index in [1.54, 1.807) is 36.4 Å². The highest BCUT2D eigenvalue weighted by atomic mass is 16.5. The summed E-state index contributed by atoms with van der Waals surface area (Å²) >= 11 is 0. The third kappa shape index (κ3) is 3.57. The van der Waals surface area contributed by atoms with Crippen molar-refractivity contribution < 1.29 is 28.7 Å². The first-order chi connectivity index (χ1) is 16.0. The van der Waals surface area contributed by atoms with Gasteiger partial charge in [-0.1, -0.05) is 24.3 Å². The standard InChI is InChI=1S/C25H22N2O6/c1-32-19-5-3-2-4-18(19)26-20(28)13-33-25(31)14-8-10-17(11-9-14)27-23(29)21-15-6-7-16(12-15)22(21)24(27)30/h2-11,15-16,21-22H,12-13H2,1H3,(H,26,28)/t15-,16-,21+,22+/m0/s1. The Morgan fingerprint density at radius 2 is 1.61 bits per heavy atom. The zero-order chi connectivity index (χ0) is 23.1. The van der Waals surface area contributed by atoms with Gasteiger partial charge in [-0.05, 0) is 54.7 Å². The minimum atomic E-state index is -0.685. The van der Waals surface area contributed by atoms with E-state index in [1.165, 1.54) is 24.1 Å². The molecule has 2 bridgehead atoms. The van der Waals surface area contributed by atoms with Gasteiger partial charge in [0, 0.05) is 0 Å². The van der Waals surface area contributed by atoms with E-state index in [4.69, 9.17) is 9.47 Å². The van der Waals surface area contributed by atoms with E-state index in [1.807, 2.05) is 12.2 Å². The van der Waals surface area contributed by atoms with Crippen LogP contribution in [-0.4, -0.2) is 37.4 Å². The van der Waals surface area contributed by atoms with Crippen LogP contribution in [0.4, 0.5) is 11.4 Å². The van der Waals surface area contributed by atoms with Gasteiger partial charge in [0.2, 0.25) is 11.8 Å². The predicted molar refractivity (Wildman–Crippen MR) is 119 cm³/mol. The summed E-state index contributed by atoms with van der Waals surface area (Å²) in [6.45, 7) is -0.471. The molecule has 1 saturated carbocycles. The monoisotopic (exact) mass is 446 g/mol. The molecule has 8 nitrogen and oxygen atoms in total. The van der Waals surface area contributed by atoms with Crippen molar-refractivity contribution in [3.05, 3.63) is 66.2 Å². The highest BCUT2D eigenvalue weighted by Gasteiger charge is 2.59. The summed E-state index contributed by atoms with van der Waals surface area (Å²) in [6.07, 6.45) is 4.96. The summed E-state index contributed by atoms with van der Waals surface area (Å²) in [5.41, 5.74) is 1.12. The molecule has 33 heavy (non-hydrogen) atoms. The lowest BCUT2D eigenvalue weighted by atomic mass is 9.85. The number of carbonyl (C=O) groups is 4. The van der Waals surface area contributed by atoms with Crippen LogP contribution in [0, 0.1) is 23.7 Å². The highest BCUT2D eigenvalue weighted by molar-refractivity contribution is 6.22. The van der Waals surface area contributed by atoms with Crippen LogP contribution in [0.2, 0.25) is 0 Å². The van der Waals surface area contributed by atoms with Gasteiger partial charge in [0.05, 0.1) is 35.9 Å². The zero-order valence-corrected chi connectivity index (χ0v) is 17.9. The van der Waals surface area contributed by atoms with Crippen molar-refractivity contribution in [1.82, 2.24) is 0 Å². The fraction of sp³-hybridized carbons (Fsp3) is 0.280. The van der Waals surface area contributed by atoms with Crippen molar-refractivity contribution in [3.63, 3.8) is 0 Å². The summed E-state index contributed by atoms with van der Waals surface area (Å²) in [5.74, 6) is -1.34. The number of fused-ring (bicyclic) bond motifs is 5. The number of ether oxygens (including phenoxy) is 2. The Morgan fingerprint density at radius 1 is 0.970 bits per heavy atom. The zero-order valence-electron chi connectivity index (χ0n) is 17.9. The Balaban J connectivity index is 1.20. The van der Waals surface area contributed by atoms with E-state index in [-0.39, 0.29) is 41.0 Å². The molecule has 2 fully saturated rings. The second-order valence-electron chi connectivity index (χ2n) is 8.38. The average Bonchev–Trinajstić information content (AvgIpc) is 3.51. The molecule has 1 aliphatic heterocycles. The van der Waals surface area contributed by atoms with Crippen LogP contribution in [0.15, 0.2) is 60.7 Å². The van der Waals surface area contributed by atoms with Gasteiger partial charge < -0.3 is 14.8 Å². The number of amides is 3. The Kier molecular flexibility index (Phi) is 5.20. The summed E-state index contributed by atoms with van der Waals surface area (Å²) in [6, 6.07) is 13.0. The summed E-state index contributed by atoms with van der Waals surface area (Å²) < 4.78 is 10.3. The number of esters is 1. The lowest BCUT2D eigenvalue weighted by Crippen LogP contribution is -2.32. The number of anilines is 2. The van der Waals surface area contributed by atoms with E-state index in [0.717, 1.165) is 6.42 Å². The van der Waals surface area contributed by atoms with Crippen molar-refractivity contribution in [1.29, 1.82) is 0 Å². The number of allylic oxidation sites excluding steroid dienone is 2.